The number of carbonyl (C=O) groups is 1. The number of hydrogen-bond acceptors (Lipinski definition) is 7. The third kappa shape index (κ3) is 5.58. The molecule has 1 amide bonds. The van der Waals surface area contributed by atoms with Crippen molar-refractivity contribution in [1.82, 2.24) is 15.3 Å². The fourth-order valence-electron chi connectivity index (χ4n) is 1.57. The summed E-state index contributed by atoms with van der Waals surface area (Å²) in [5.74, 6) is 0.220. The van der Waals surface area contributed by atoms with Crippen LogP contribution in [0.15, 0.2) is 15.8 Å². The Morgan fingerprint density at radius 2 is 2.09 bits per heavy atom. The quantitative estimate of drug-likeness (QED) is 0.392. The molecule has 2 aromatic heterocycles. The van der Waals surface area contributed by atoms with Gasteiger partial charge < -0.3 is 21.1 Å². The Bertz CT molecular complexity index is 682. The number of nitrogens with zero attached hydrogens (tertiary/aromatic N) is 3. The Labute approximate surface area is 141 Å². The molecule has 0 spiro atoms. The minimum absolute atomic E-state index is 0.0786. The molecule has 2 aromatic rings. The maximum atomic E-state index is 10.9. The predicted molar refractivity (Wildman–Crippen MR) is 92.7 cm³/mol. The van der Waals surface area contributed by atoms with Crippen LogP contribution in [-0.4, -0.2) is 42.1 Å². The van der Waals surface area contributed by atoms with E-state index in [-0.39, 0.29) is 5.91 Å². The van der Waals surface area contributed by atoms with Crippen LogP contribution >= 0.6 is 22.7 Å². The summed E-state index contributed by atoms with van der Waals surface area (Å²) in [7, 11) is 1.61. The zero-order valence-electron chi connectivity index (χ0n) is 12.8. The van der Waals surface area contributed by atoms with E-state index in [2.05, 4.69) is 25.6 Å². The summed E-state index contributed by atoms with van der Waals surface area (Å²) in [5, 5.41) is 10.9. The summed E-state index contributed by atoms with van der Waals surface area (Å²) in [4.78, 5) is 23.9. The molecule has 0 atom stereocenters. The zero-order valence-corrected chi connectivity index (χ0v) is 14.5. The molecule has 0 radical (unpaired) electrons. The van der Waals surface area contributed by atoms with E-state index in [9.17, 15) is 4.79 Å². The fourth-order valence-corrected chi connectivity index (χ4v) is 3.00. The molecule has 2 rings (SSSR count). The number of thiazole rings is 2. The highest BCUT2D eigenvalue weighted by molar-refractivity contribution is 7.14. The summed E-state index contributed by atoms with van der Waals surface area (Å²) in [6, 6.07) is 0. The number of ether oxygens (including phenoxy) is 1. The van der Waals surface area contributed by atoms with E-state index < -0.39 is 0 Å². The molecule has 0 aliphatic carbocycles. The molecule has 0 fully saturated rings. The van der Waals surface area contributed by atoms with E-state index in [1.807, 2.05) is 10.8 Å². The van der Waals surface area contributed by atoms with Gasteiger partial charge in [0.2, 0.25) is 5.91 Å². The van der Waals surface area contributed by atoms with E-state index in [1.165, 1.54) is 29.6 Å². The van der Waals surface area contributed by atoms with Crippen molar-refractivity contribution >= 4 is 39.7 Å². The lowest BCUT2D eigenvalue weighted by atomic mass is 10.4. The van der Waals surface area contributed by atoms with Gasteiger partial charge in [0.25, 0.3) is 0 Å². The summed E-state index contributed by atoms with van der Waals surface area (Å²) >= 11 is 2.90. The predicted octanol–water partition coefficient (Wildman–Crippen LogP) is 1.28. The van der Waals surface area contributed by atoms with Crippen LogP contribution in [0.1, 0.15) is 11.9 Å². The maximum Gasteiger partial charge on any atom is 0.217 e. The van der Waals surface area contributed by atoms with Crippen LogP contribution in [-0.2, 0) is 16.1 Å². The van der Waals surface area contributed by atoms with Crippen LogP contribution < -0.4 is 16.4 Å². The molecule has 10 heteroatoms. The van der Waals surface area contributed by atoms with Crippen molar-refractivity contribution in [1.29, 1.82) is 0 Å². The number of anilines is 1. The van der Waals surface area contributed by atoms with Crippen LogP contribution in [0.25, 0.3) is 11.4 Å². The highest BCUT2D eigenvalue weighted by Gasteiger charge is 2.09. The van der Waals surface area contributed by atoms with Gasteiger partial charge in [-0.05, 0) is 0 Å². The Kier molecular flexibility index (Phi) is 6.44. The molecule has 0 aliphatic heterocycles. The van der Waals surface area contributed by atoms with Gasteiger partial charge in [0.15, 0.2) is 11.1 Å². The standard InChI is InChI=1S/C13H18N6O2S2/c1-8(20)16-5-11-17-9(6-22-11)10-7-23-13(18-10)19-12(14)15-3-4-21-2/h6-7H,3-5H2,1-2H3,(H,16,20)(H3,14,15,18,19). The van der Waals surface area contributed by atoms with Gasteiger partial charge >= 0.3 is 0 Å². The molecule has 124 valence electrons. The lowest BCUT2D eigenvalue weighted by Crippen LogP contribution is -2.23. The Hall–Kier alpha value is -2.04. The van der Waals surface area contributed by atoms with E-state index >= 15 is 0 Å². The van der Waals surface area contributed by atoms with Crippen molar-refractivity contribution < 1.29 is 9.53 Å². The van der Waals surface area contributed by atoms with Crippen molar-refractivity contribution in [2.45, 2.75) is 13.5 Å². The minimum Gasteiger partial charge on any atom is -0.383 e. The van der Waals surface area contributed by atoms with Gasteiger partial charge in [0.1, 0.15) is 16.4 Å². The van der Waals surface area contributed by atoms with Gasteiger partial charge in [-0.2, -0.15) is 0 Å². The highest BCUT2D eigenvalue weighted by atomic mass is 32.1. The number of rotatable bonds is 7. The lowest BCUT2D eigenvalue weighted by Gasteiger charge is -2.00. The van der Waals surface area contributed by atoms with Gasteiger partial charge in [-0.3, -0.25) is 9.79 Å². The largest absolute Gasteiger partial charge is 0.383 e. The molecule has 0 unspecified atom stereocenters. The summed E-state index contributed by atoms with van der Waals surface area (Å²) in [5.41, 5.74) is 7.29. The molecule has 4 N–H and O–H groups in total. The molecule has 23 heavy (non-hydrogen) atoms. The molecule has 2 heterocycles. The van der Waals surface area contributed by atoms with E-state index in [4.69, 9.17) is 10.5 Å². The number of carbonyl (C=O) groups excluding carboxylic acids is 1. The first-order valence-corrected chi connectivity index (χ1v) is 8.55. The smallest absolute Gasteiger partial charge is 0.217 e. The van der Waals surface area contributed by atoms with Crippen molar-refractivity contribution in [2.75, 3.05) is 25.6 Å². The number of guanidine groups is 1. The lowest BCUT2D eigenvalue weighted by molar-refractivity contribution is -0.119. The van der Waals surface area contributed by atoms with E-state index in [0.29, 0.717) is 30.8 Å². The first-order chi connectivity index (χ1) is 11.1. The SMILES string of the molecule is COCCN=C(N)Nc1nc(-c2csc(CNC(C)=O)n2)cs1. The molecule has 0 saturated carbocycles. The minimum atomic E-state index is -0.0786. The summed E-state index contributed by atoms with van der Waals surface area (Å²) < 4.78 is 4.90. The molecular formula is C13H18N6O2S2. The van der Waals surface area contributed by atoms with Crippen molar-refractivity contribution in [3.8, 4) is 11.4 Å². The van der Waals surface area contributed by atoms with Gasteiger partial charge in [-0.1, -0.05) is 0 Å². The monoisotopic (exact) mass is 354 g/mol. The summed E-state index contributed by atoms with van der Waals surface area (Å²) in [6.07, 6.45) is 0. The summed E-state index contributed by atoms with van der Waals surface area (Å²) in [6.45, 7) is 2.91. The average molecular weight is 354 g/mol. The molecular weight excluding hydrogens is 336 g/mol. The van der Waals surface area contributed by atoms with Gasteiger partial charge in [0, 0.05) is 24.8 Å². The maximum absolute atomic E-state index is 10.9. The van der Waals surface area contributed by atoms with Gasteiger partial charge in [-0.25, -0.2) is 9.97 Å². The Morgan fingerprint density at radius 1 is 1.35 bits per heavy atom. The Balaban J connectivity index is 1.96. The highest BCUT2D eigenvalue weighted by Crippen LogP contribution is 2.26. The number of amides is 1. The number of nitrogens with one attached hydrogen (secondary N) is 2. The first kappa shape index (κ1) is 17.3. The van der Waals surface area contributed by atoms with Crippen LogP contribution in [0, 0.1) is 0 Å². The molecule has 8 nitrogen and oxygen atoms in total. The van der Waals surface area contributed by atoms with Crippen LogP contribution in [0.2, 0.25) is 0 Å². The molecule has 0 bridgehead atoms. The second-order valence-corrected chi connectivity index (χ2v) is 6.26. The van der Waals surface area contributed by atoms with Crippen molar-refractivity contribution in [2.24, 2.45) is 10.7 Å². The van der Waals surface area contributed by atoms with Crippen LogP contribution in [0.5, 0.6) is 0 Å². The molecule has 0 saturated heterocycles. The number of aromatic nitrogens is 2. The first-order valence-electron chi connectivity index (χ1n) is 6.79. The van der Waals surface area contributed by atoms with Crippen LogP contribution in [0.3, 0.4) is 0 Å². The van der Waals surface area contributed by atoms with Crippen molar-refractivity contribution in [3.63, 3.8) is 0 Å². The van der Waals surface area contributed by atoms with Gasteiger partial charge in [0.05, 0.1) is 19.7 Å². The number of methoxy groups -OCH3 is 1. The second kappa shape index (κ2) is 8.56. The third-order valence-corrected chi connectivity index (χ3v) is 4.23. The zero-order chi connectivity index (χ0) is 16.7. The molecule has 0 aromatic carbocycles. The number of hydrogen-bond donors (Lipinski definition) is 3. The average Bonchev–Trinajstić information content (AvgIpc) is 3.14. The number of aliphatic imine (C=N–C) groups is 1. The topological polar surface area (TPSA) is 115 Å². The van der Waals surface area contributed by atoms with E-state index in [1.54, 1.807) is 7.11 Å². The Morgan fingerprint density at radius 3 is 2.83 bits per heavy atom. The molecule has 0 aliphatic rings. The third-order valence-electron chi connectivity index (χ3n) is 2.62. The second-order valence-electron chi connectivity index (χ2n) is 4.46. The van der Waals surface area contributed by atoms with Crippen molar-refractivity contribution in [3.05, 3.63) is 15.8 Å². The van der Waals surface area contributed by atoms with Crippen LogP contribution in [0.4, 0.5) is 5.13 Å². The number of nitrogens with two attached hydrogens (primary N) is 1. The normalized spacial score (nSPS) is 11.5. The van der Waals surface area contributed by atoms with Gasteiger partial charge in [-0.15, -0.1) is 22.7 Å². The van der Waals surface area contributed by atoms with E-state index in [0.717, 1.165) is 16.4 Å². The fraction of sp³-hybridized carbons (Fsp3) is 0.385.